The van der Waals surface area contributed by atoms with Crippen molar-refractivity contribution in [2.24, 2.45) is 0 Å². The van der Waals surface area contributed by atoms with Gasteiger partial charge < -0.3 is 22.5 Å². The Morgan fingerprint density at radius 3 is 1.25 bits per heavy atom. The molecule has 0 bridgehead atoms. The lowest BCUT2D eigenvalue weighted by molar-refractivity contribution is -0.139. The number of unbranched alkanes of at least 4 members (excludes halogenated alkanes) is 1. The van der Waals surface area contributed by atoms with Crippen molar-refractivity contribution < 1.29 is 19.8 Å². The molecule has 0 unspecified atom stereocenters. The second-order valence-electron chi connectivity index (χ2n) is 1.99. The molecule has 0 aromatic carbocycles. The Morgan fingerprint density at radius 2 is 1.08 bits per heavy atom. The SMILES string of the molecule is O=C(O)CCCCC(=O)O.[NH4+].[NH4+]. The highest BCUT2D eigenvalue weighted by Crippen LogP contribution is 1.98. The highest BCUT2D eigenvalue weighted by Gasteiger charge is 1.99. The summed E-state index contributed by atoms with van der Waals surface area (Å²) in [6, 6.07) is 0. The van der Waals surface area contributed by atoms with E-state index in [4.69, 9.17) is 10.2 Å². The minimum Gasteiger partial charge on any atom is -0.481 e. The average Bonchev–Trinajstić information content (AvgIpc) is 1.79. The molecule has 0 atom stereocenters. The van der Waals surface area contributed by atoms with Gasteiger partial charge in [0.1, 0.15) is 0 Å². The minimum atomic E-state index is -0.870. The summed E-state index contributed by atoms with van der Waals surface area (Å²) < 4.78 is 0. The fourth-order valence-corrected chi connectivity index (χ4v) is 0.552. The van der Waals surface area contributed by atoms with Gasteiger partial charge in [-0.3, -0.25) is 9.59 Å². The third kappa shape index (κ3) is 15.9. The van der Waals surface area contributed by atoms with Crippen LogP contribution in [-0.4, -0.2) is 22.2 Å². The van der Waals surface area contributed by atoms with Gasteiger partial charge in [0.05, 0.1) is 0 Å². The predicted molar refractivity (Wildman–Crippen MR) is 45.7 cm³/mol. The van der Waals surface area contributed by atoms with Crippen LogP contribution in [0.5, 0.6) is 0 Å². The van der Waals surface area contributed by atoms with Crippen LogP contribution in [0.15, 0.2) is 0 Å². The number of quaternary nitrogens is 2. The fraction of sp³-hybridized carbons (Fsp3) is 0.667. The summed E-state index contributed by atoms with van der Waals surface area (Å²) in [5.74, 6) is -1.74. The van der Waals surface area contributed by atoms with Crippen molar-refractivity contribution in [3.63, 3.8) is 0 Å². The number of rotatable bonds is 5. The van der Waals surface area contributed by atoms with Crippen molar-refractivity contribution in [2.45, 2.75) is 25.7 Å². The molecule has 0 amide bonds. The third-order valence-corrected chi connectivity index (χ3v) is 1.03. The zero-order valence-corrected chi connectivity index (χ0v) is 7.54. The van der Waals surface area contributed by atoms with Crippen LogP contribution in [0, 0.1) is 0 Å². The number of hydrogen-bond donors (Lipinski definition) is 4. The Morgan fingerprint density at radius 1 is 0.833 bits per heavy atom. The molecule has 0 spiro atoms. The second kappa shape index (κ2) is 9.86. The lowest BCUT2D eigenvalue weighted by Crippen LogP contribution is -1.97. The molecule has 6 nitrogen and oxygen atoms in total. The Hall–Kier alpha value is -1.14. The van der Waals surface area contributed by atoms with E-state index in [2.05, 4.69) is 0 Å². The summed E-state index contributed by atoms with van der Waals surface area (Å²) in [6.45, 7) is 0. The highest BCUT2D eigenvalue weighted by atomic mass is 16.4. The van der Waals surface area contributed by atoms with Crippen LogP contribution in [0.2, 0.25) is 0 Å². The van der Waals surface area contributed by atoms with Crippen LogP contribution >= 0.6 is 0 Å². The normalized spacial score (nSPS) is 7.67. The maximum absolute atomic E-state index is 9.90. The topological polar surface area (TPSA) is 148 Å². The molecule has 12 heavy (non-hydrogen) atoms. The quantitative estimate of drug-likeness (QED) is 0.476. The molecular weight excluding hydrogens is 164 g/mol. The number of carboxylic acid groups (broad SMARTS) is 2. The van der Waals surface area contributed by atoms with Gasteiger partial charge in [0.15, 0.2) is 0 Å². The van der Waals surface area contributed by atoms with Gasteiger partial charge in [-0.05, 0) is 12.8 Å². The van der Waals surface area contributed by atoms with Crippen molar-refractivity contribution in [3.8, 4) is 0 Å². The average molecular weight is 182 g/mol. The number of hydrogen-bond acceptors (Lipinski definition) is 2. The Bertz CT molecular complexity index is 122. The first kappa shape index (κ1) is 17.1. The highest BCUT2D eigenvalue weighted by molar-refractivity contribution is 5.67. The van der Waals surface area contributed by atoms with E-state index in [-0.39, 0.29) is 25.1 Å². The summed E-state index contributed by atoms with van der Waals surface area (Å²) in [5.41, 5.74) is 0. The van der Waals surface area contributed by atoms with Crippen molar-refractivity contribution in [1.29, 1.82) is 0 Å². The third-order valence-electron chi connectivity index (χ3n) is 1.03. The van der Waals surface area contributed by atoms with Gasteiger partial charge in [-0.1, -0.05) is 0 Å². The van der Waals surface area contributed by atoms with E-state index < -0.39 is 11.9 Å². The molecule has 0 saturated carbocycles. The van der Waals surface area contributed by atoms with Gasteiger partial charge in [-0.15, -0.1) is 0 Å². The summed E-state index contributed by atoms with van der Waals surface area (Å²) >= 11 is 0. The van der Waals surface area contributed by atoms with E-state index in [0.717, 1.165) is 0 Å². The molecule has 0 heterocycles. The summed E-state index contributed by atoms with van der Waals surface area (Å²) in [7, 11) is 0. The number of aliphatic carboxylic acids is 2. The summed E-state index contributed by atoms with van der Waals surface area (Å²) in [4.78, 5) is 19.8. The van der Waals surface area contributed by atoms with Crippen molar-refractivity contribution >= 4 is 11.9 Å². The minimum absolute atomic E-state index is 0. The maximum atomic E-state index is 9.90. The van der Waals surface area contributed by atoms with E-state index in [0.29, 0.717) is 12.8 Å². The summed E-state index contributed by atoms with van der Waals surface area (Å²) in [5, 5.41) is 16.3. The van der Waals surface area contributed by atoms with Gasteiger partial charge >= 0.3 is 11.9 Å². The van der Waals surface area contributed by atoms with Crippen molar-refractivity contribution in [3.05, 3.63) is 0 Å². The van der Waals surface area contributed by atoms with Crippen LogP contribution in [0.1, 0.15) is 25.7 Å². The number of carboxylic acids is 2. The Labute approximate surface area is 70.7 Å². The van der Waals surface area contributed by atoms with E-state index in [1.54, 1.807) is 0 Å². The Balaban J connectivity index is -0.000000405. The summed E-state index contributed by atoms with van der Waals surface area (Å²) in [6.07, 6.45) is 1.02. The maximum Gasteiger partial charge on any atom is 0.303 e. The van der Waals surface area contributed by atoms with Gasteiger partial charge in [-0.25, -0.2) is 0 Å². The fourth-order valence-electron chi connectivity index (χ4n) is 0.552. The molecule has 0 aliphatic carbocycles. The molecule has 0 saturated heterocycles. The van der Waals surface area contributed by atoms with E-state index in [1.165, 1.54) is 0 Å². The smallest absolute Gasteiger partial charge is 0.303 e. The molecule has 10 N–H and O–H groups in total. The van der Waals surface area contributed by atoms with Gasteiger partial charge in [0.2, 0.25) is 0 Å². The molecule has 0 rings (SSSR count). The lowest BCUT2D eigenvalue weighted by atomic mass is 10.2. The molecule has 0 fully saturated rings. The molecule has 0 aliphatic rings. The standard InChI is InChI=1S/C6H10O4.2H3N/c7-5(8)3-1-2-4-6(9)10;;/h1-4H2,(H,7,8)(H,9,10);2*1H3/p+2. The van der Waals surface area contributed by atoms with Crippen LogP contribution in [-0.2, 0) is 9.59 Å². The lowest BCUT2D eigenvalue weighted by Gasteiger charge is -1.92. The van der Waals surface area contributed by atoms with Crippen LogP contribution in [0.3, 0.4) is 0 Å². The molecule has 0 aromatic heterocycles. The first-order valence-electron chi connectivity index (χ1n) is 3.06. The van der Waals surface area contributed by atoms with E-state index >= 15 is 0 Å². The second-order valence-corrected chi connectivity index (χ2v) is 1.99. The largest absolute Gasteiger partial charge is 0.481 e. The molecule has 6 heteroatoms. The van der Waals surface area contributed by atoms with Crippen LogP contribution in [0.4, 0.5) is 0 Å². The van der Waals surface area contributed by atoms with Gasteiger partial charge in [0.25, 0.3) is 0 Å². The monoisotopic (exact) mass is 182 g/mol. The Kier molecular flexibility index (Phi) is 14.0. The molecule has 0 aromatic rings. The molecule has 0 radical (unpaired) electrons. The zero-order valence-electron chi connectivity index (χ0n) is 7.54. The van der Waals surface area contributed by atoms with E-state index in [9.17, 15) is 9.59 Å². The van der Waals surface area contributed by atoms with Gasteiger partial charge in [-0.2, -0.15) is 0 Å². The first-order valence-corrected chi connectivity index (χ1v) is 3.06. The van der Waals surface area contributed by atoms with Crippen molar-refractivity contribution in [2.75, 3.05) is 0 Å². The molecular formula is C6H18N2O4+2. The first-order chi connectivity index (χ1) is 4.63. The van der Waals surface area contributed by atoms with Crippen LogP contribution < -0.4 is 12.3 Å². The zero-order chi connectivity index (χ0) is 7.98. The van der Waals surface area contributed by atoms with Crippen molar-refractivity contribution in [1.82, 2.24) is 12.3 Å². The van der Waals surface area contributed by atoms with Gasteiger partial charge in [0, 0.05) is 12.8 Å². The van der Waals surface area contributed by atoms with E-state index in [1.807, 2.05) is 0 Å². The number of carbonyl (C=O) groups is 2. The molecule has 74 valence electrons. The van der Waals surface area contributed by atoms with Crippen LogP contribution in [0.25, 0.3) is 0 Å². The molecule has 0 aliphatic heterocycles. The predicted octanol–water partition coefficient (Wildman–Crippen LogP) is 1.47.